The van der Waals surface area contributed by atoms with Gasteiger partial charge in [0.25, 0.3) is 5.91 Å². The first-order valence-corrected chi connectivity index (χ1v) is 7.27. The lowest BCUT2D eigenvalue weighted by Crippen LogP contribution is -2.39. The highest BCUT2D eigenvalue weighted by Crippen LogP contribution is 2.27. The fraction of sp³-hybridized carbons (Fsp3) is 0.692. The summed E-state index contributed by atoms with van der Waals surface area (Å²) < 4.78 is 3.87. The van der Waals surface area contributed by atoms with Crippen molar-refractivity contribution in [1.82, 2.24) is 14.5 Å². The number of rotatable bonds is 5. The fourth-order valence-electron chi connectivity index (χ4n) is 1.76. The highest BCUT2D eigenvalue weighted by atomic mass is 32.1. The van der Waals surface area contributed by atoms with Crippen LogP contribution in [0, 0.1) is 0 Å². The minimum absolute atomic E-state index is 0.0684. The summed E-state index contributed by atoms with van der Waals surface area (Å²) in [5.41, 5.74) is 0.390. The molecule has 1 heterocycles. The lowest BCUT2D eigenvalue weighted by molar-refractivity contribution is -0.137. The predicted molar refractivity (Wildman–Crippen MR) is 77.0 cm³/mol. The maximum absolute atomic E-state index is 12.6. The number of hydrogen-bond donors (Lipinski definition) is 1. The zero-order valence-electron chi connectivity index (χ0n) is 12.5. The van der Waals surface area contributed by atoms with E-state index < -0.39 is 5.97 Å². The van der Waals surface area contributed by atoms with Crippen molar-refractivity contribution >= 4 is 23.4 Å². The molecular formula is C13H21N3O3S. The topological polar surface area (TPSA) is 83.4 Å². The third-order valence-electron chi connectivity index (χ3n) is 2.84. The molecule has 20 heavy (non-hydrogen) atoms. The molecule has 0 spiro atoms. The zero-order valence-corrected chi connectivity index (χ0v) is 13.3. The third kappa shape index (κ3) is 4.00. The molecule has 0 atom stereocenters. The van der Waals surface area contributed by atoms with E-state index in [0.717, 1.165) is 11.5 Å². The third-order valence-corrected chi connectivity index (χ3v) is 3.56. The van der Waals surface area contributed by atoms with Crippen LogP contribution in [0.4, 0.5) is 0 Å². The number of carbonyl (C=O) groups is 2. The van der Waals surface area contributed by atoms with Gasteiger partial charge in [-0.3, -0.25) is 9.59 Å². The number of amides is 1. The number of aliphatic carboxylic acids is 1. The molecule has 6 nitrogen and oxygen atoms in total. The second-order valence-corrected chi connectivity index (χ2v) is 6.69. The quantitative estimate of drug-likeness (QED) is 0.900. The van der Waals surface area contributed by atoms with Crippen LogP contribution in [0.25, 0.3) is 0 Å². The summed E-state index contributed by atoms with van der Waals surface area (Å²) in [6.07, 6.45) is -0.0684. The molecule has 112 valence electrons. The van der Waals surface area contributed by atoms with Crippen molar-refractivity contribution in [2.24, 2.45) is 0 Å². The smallest absolute Gasteiger partial charge is 0.305 e. The van der Waals surface area contributed by atoms with Crippen LogP contribution in [0.1, 0.15) is 56.4 Å². The first kappa shape index (κ1) is 16.6. The van der Waals surface area contributed by atoms with Crippen molar-refractivity contribution in [2.75, 3.05) is 6.54 Å². The molecule has 0 aliphatic heterocycles. The maximum atomic E-state index is 12.6. The van der Waals surface area contributed by atoms with Gasteiger partial charge in [0.2, 0.25) is 0 Å². The highest BCUT2D eigenvalue weighted by molar-refractivity contribution is 7.08. The molecular weight excluding hydrogens is 278 g/mol. The van der Waals surface area contributed by atoms with Crippen molar-refractivity contribution in [2.45, 2.75) is 52.5 Å². The van der Waals surface area contributed by atoms with Gasteiger partial charge < -0.3 is 10.0 Å². The van der Waals surface area contributed by atoms with E-state index in [-0.39, 0.29) is 30.3 Å². The normalized spacial score (nSPS) is 11.7. The summed E-state index contributed by atoms with van der Waals surface area (Å²) in [6, 6.07) is -0.0724. The molecule has 0 saturated carbocycles. The Balaban J connectivity index is 3.02. The van der Waals surface area contributed by atoms with Crippen molar-refractivity contribution in [3.63, 3.8) is 0 Å². The van der Waals surface area contributed by atoms with Gasteiger partial charge in [-0.25, -0.2) is 0 Å². The first-order valence-electron chi connectivity index (χ1n) is 6.50. The monoisotopic (exact) mass is 299 g/mol. The molecule has 0 aliphatic rings. The fourth-order valence-corrected chi connectivity index (χ4v) is 2.60. The Bertz CT molecular complexity index is 491. The summed E-state index contributed by atoms with van der Waals surface area (Å²) in [5, 5.41) is 12.8. The largest absolute Gasteiger partial charge is 0.481 e. The molecule has 1 rings (SSSR count). The second kappa shape index (κ2) is 6.30. The number of carboxylic acid groups (broad SMARTS) is 1. The molecule has 0 unspecified atom stereocenters. The van der Waals surface area contributed by atoms with Crippen LogP contribution in [0.15, 0.2) is 0 Å². The average Bonchev–Trinajstić information content (AvgIpc) is 2.76. The zero-order chi connectivity index (χ0) is 15.5. The Morgan fingerprint density at radius 3 is 2.40 bits per heavy atom. The average molecular weight is 299 g/mol. The van der Waals surface area contributed by atoms with Crippen LogP contribution < -0.4 is 0 Å². The van der Waals surface area contributed by atoms with E-state index in [2.05, 4.69) is 9.59 Å². The summed E-state index contributed by atoms with van der Waals surface area (Å²) in [7, 11) is 0. The molecule has 0 radical (unpaired) electrons. The molecule has 0 aromatic carbocycles. The molecule has 0 bridgehead atoms. The lowest BCUT2D eigenvalue weighted by atomic mass is 9.91. The van der Waals surface area contributed by atoms with Crippen LogP contribution in [0.2, 0.25) is 0 Å². The number of carboxylic acids is 1. The minimum atomic E-state index is -0.915. The lowest BCUT2D eigenvalue weighted by Gasteiger charge is -2.26. The second-order valence-electron chi connectivity index (χ2n) is 5.94. The molecule has 1 aromatic rings. The number of hydrogen-bond acceptors (Lipinski definition) is 5. The Morgan fingerprint density at radius 1 is 1.35 bits per heavy atom. The van der Waals surface area contributed by atoms with Crippen molar-refractivity contribution in [3.05, 3.63) is 10.6 Å². The number of carbonyl (C=O) groups excluding carboxylic acids is 1. The van der Waals surface area contributed by atoms with Crippen LogP contribution in [-0.4, -0.2) is 44.1 Å². The van der Waals surface area contributed by atoms with Gasteiger partial charge in [0.1, 0.15) is 4.88 Å². The minimum Gasteiger partial charge on any atom is -0.481 e. The Hall–Kier alpha value is -1.50. The van der Waals surface area contributed by atoms with Gasteiger partial charge >= 0.3 is 5.97 Å². The van der Waals surface area contributed by atoms with E-state index >= 15 is 0 Å². The molecule has 1 amide bonds. The van der Waals surface area contributed by atoms with Crippen LogP contribution in [-0.2, 0) is 10.2 Å². The van der Waals surface area contributed by atoms with Gasteiger partial charge in [-0.1, -0.05) is 25.3 Å². The summed E-state index contributed by atoms with van der Waals surface area (Å²) in [4.78, 5) is 25.3. The van der Waals surface area contributed by atoms with Crippen molar-refractivity contribution < 1.29 is 14.7 Å². The van der Waals surface area contributed by atoms with Crippen LogP contribution in [0.5, 0.6) is 0 Å². The van der Waals surface area contributed by atoms with E-state index in [4.69, 9.17) is 5.11 Å². The predicted octanol–water partition coefficient (Wildman–Crippen LogP) is 2.16. The summed E-state index contributed by atoms with van der Waals surface area (Å²) in [6.45, 7) is 9.83. The molecule has 1 N–H and O–H groups in total. The molecule has 1 aromatic heterocycles. The van der Waals surface area contributed by atoms with Gasteiger partial charge in [0, 0.05) is 18.0 Å². The van der Waals surface area contributed by atoms with Gasteiger partial charge in [-0.05, 0) is 25.4 Å². The van der Waals surface area contributed by atoms with Crippen LogP contribution in [0.3, 0.4) is 0 Å². The summed E-state index contributed by atoms with van der Waals surface area (Å²) in [5.74, 6) is -1.11. The summed E-state index contributed by atoms with van der Waals surface area (Å²) >= 11 is 1.06. The Kier molecular flexibility index (Phi) is 5.21. The van der Waals surface area contributed by atoms with Gasteiger partial charge in [0.05, 0.1) is 12.1 Å². The first-order chi connectivity index (χ1) is 9.14. The highest BCUT2D eigenvalue weighted by Gasteiger charge is 2.30. The molecule has 7 heteroatoms. The molecule has 0 aliphatic carbocycles. The van der Waals surface area contributed by atoms with E-state index in [0.29, 0.717) is 10.6 Å². The van der Waals surface area contributed by atoms with E-state index in [9.17, 15) is 9.59 Å². The van der Waals surface area contributed by atoms with Gasteiger partial charge in [-0.15, -0.1) is 5.10 Å². The SMILES string of the molecule is CC(C)N(CCC(=O)O)C(=O)c1snnc1C(C)(C)C. The standard InChI is InChI=1S/C13H21N3O3S/c1-8(2)16(7-6-9(17)18)12(19)10-11(13(3,4)5)14-15-20-10/h8H,6-7H2,1-5H3,(H,17,18). The van der Waals surface area contributed by atoms with Crippen molar-refractivity contribution in [3.8, 4) is 0 Å². The Morgan fingerprint density at radius 2 is 1.95 bits per heavy atom. The number of aromatic nitrogens is 2. The van der Waals surface area contributed by atoms with E-state index in [1.165, 1.54) is 0 Å². The van der Waals surface area contributed by atoms with E-state index in [1.807, 2.05) is 34.6 Å². The maximum Gasteiger partial charge on any atom is 0.305 e. The van der Waals surface area contributed by atoms with Gasteiger partial charge in [-0.2, -0.15) is 0 Å². The van der Waals surface area contributed by atoms with Crippen LogP contribution >= 0.6 is 11.5 Å². The Labute approximate surface area is 123 Å². The molecule has 0 fully saturated rings. The van der Waals surface area contributed by atoms with E-state index in [1.54, 1.807) is 4.90 Å². The molecule has 0 saturated heterocycles. The van der Waals surface area contributed by atoms with Gasteiger partial charge in [0.15, 0.2) is 0 Å². The van der Waals surface area contributed by atoms with Crippen molar-refractivity contribution in [1.29, 1.82) is 0 Å². The number of nitrogens with zero attached hydrogens (tertiary/aromatic N) is 3.